The van der Waals surface area contributed by atoms with Crippen molar-refractivity contribution in [2.24, 2.45) is 11.8 Å². The number of piperidine rings is 1. The molecule has 1 aliphatic heterocycles. The highest BCUT2D eigenvalue weighted by Crippen LogP contribution is 2.43. The summed E-state index contributed by atoms with van der Waals surface area (Å²) in [6.07, 6.45) is 9.51. The molecule has 3 unspecified atom stereocenters. The molecule has 2 aliphatic rings. The number of likely N-dealkylation sites (N-methyl/N-ethyl adjacent to an activating group) is 1. The van der Waals surface area contributed by atoms with Crippen LogP contribution in [0.4, 0.5) is 9.18 Å². The lowest BCUT2D eigenvalue weighted by Gasteiger charge is -2.43. The van der Waals surface area contributed by atoms with Crippen molar-refractivity contribution in [1.82, 2.24) is 15.5 Å². The summed E-state index contributed by atoms with van der Waals surface area (Å²) >= 11 is 6.36. The van der Waals surface area contributed by atoms with Crippen LogP contribution in [0.1, 0.15) is 69.8 Å². The predicted molar refractivity (Wildman–Crippen MR) is 138 cm³/mol. The number of nitrogens with zero attached hydrogens (tertiary/aromatic N) is 1. The highest BCUT2D eigenvalue weighted by Gasteiger charge is 2.43. The van der Waals surface area contributed by atoms with Crippen LogP contribution in [0.5, 0.6) is 0 Å². The van der Waals surface area contributed by atoms with E-state index in [1.165, 1.54) is 31.7 Å². The van der Waals surface area contributed by atoms with E-state index in [2.05, 4.69) is 10.6 Å². The van der Waals surface area contributed by atoms with Gasteiger partial charge in [-0.2, -0.15) is 0 Å². The molecule has 35 heavy (non-hydrogen) atoms. The Balaban J connectivity index is 1.73. The van der Waals surface area contributed by atoms with E-state index >= 15 is 0 Å². The third kappa shape index (κ3) is 7.54. The van der Waals surface area contributed by atoms with E-state index < -0.39 is 11.4 Å². The molecule has 8 heteroatoms. The molecular weight excluding hydrogens is 469 g/mol. The number of urea groups is 1. The molecule has 6 nitrogen and oxygen atoms in total. The second-order valence-corrected chi connectivity index (χ2v) is 10.7. The van der Waals surface area contributed by atoms with Crippen molar-refractivity contribution in [3.05, 3.63) is 34.6 Å². The van der Waals surface area contributed by atoms with Crippen LogP contribution >= 0.6 is 11.6 Å². The molecule has 198 valence electrons. The minimum absolute atomic E-state index is 0.0334. The molecule has 1 aliphatic carbocycles. The van der Waals surface area contributed by atoms with Crippen molar-refractivity contribution in [1.29, 1.82) is 0 Å². The maximum absolute atomic E-state index is 14.4. The van der Waals surface area contributed by atoms with Gasteiger partial charge >= 0.3 is 6.03 Å². The quantitative estimate of drug-likeness (QED) is 0.342. The lowest BCUT2D eigenvalue weighted by molar-refractivity contribution is -0.0565. The van der Waals surface area contributed by atoms with Crippen molar-refractivity contribution >= 4 is 17.6 Å². The van der Waals surface area contributed by atoms with Crippen molar-refractivity contribution in [2.45, 2.75) is 75.9 Å². The van der Waals surface area contributed by atoms with E-state index in [1.54, 1.807) is 19.2 Å². The average molecular weight is 512 g/mol. The molecule has 3 N–H and O–H groups in total. The van der Waals surface area contributed by atoms with Crippen LogP contribution in [0.25, 0.3) is 0 Å². The Bertz CT molecular complexity index is 808. The van der Waals surface area contributed by atoms with Gasteiger partial charge in [-0.25, -0.2) is 9.18 Å². The number of methoxy groups -OCH3 is 1. The van der Waals surface area contributed by atoms with E-state index in [4.69, 9.17) is 16.3 Å². The standard InChI is InChI=1S/C27H43ClFN3O3/c1-30-18-22(17-20-9-3-4-10-20)31-26(33)32-15-8-11-21(19-32)27(34,14-5-6-16-35-2)23-12-7-13-24(29)25(23)28/h7,12-13,20-22,30,34H,3-6,8-11,14-19H2,1-2H3,(H,31,33). The van der Waals surface area contributed by atoms with Crippen molar-refractivity contribution in [3.8, 4) is 0 Å². The first-order valence-corrected chi connectivity index (χ1v) is 13.6. The Morgan fingerprint density at radius 3 is 2.77 bits per heavy atom. The summed E-state index contributed by atoms with van der Waals surface area (Å²) in [6, 6.07) is 4.62. The number of rotatable bonds is 12. The van der Waals surface area contributed by atoms with Gasteiger partial charge in [0, 0.05) is 50.9 Å². The Labute approximate surface area is 214 Å². The molecule has 0 radical (unpaired) electrons. The summed E-state index contributed by atoms with van der Waals surface area (Å²) in [7, 11) is 3.57. The number of aliphatic hydroxyl groups is 1. The normalized spacial score (nSPS) is 21.6. The lowest BCUT2D eigenvalue weighted by atomic mass is 9.74. The smallest absolute Gasteiger partial charge is 0.317 e. The van der Waals surface area contributed by atoms with Gasteiger partial charge < -0.3 is 25.4 Å². The Morgan fingerprint density at radius 2 is 2.06 bits per heavy atom. The molecule has 0 aromatic heterocycles. The number of halogens is 2. The largest absolute Gasteiger partial charge is 0.385 e. The number of ether oxygens (including phenoxy) is 1. The van der Waals surface area contributed by atoms with Crippen LogP contribution < -0.4 is 10.6 Å². The first kappa shape index (κ1) is 28.2. The number of carbonyl (C=O) groups excluding carboxylic acids is 1. The highest BCUT2D eigenvalue weighted by molar-refractivity contribution is 6.31. The minimum Gasteiger partial charge on any atom is -0.385 e. The van der Waals surface area contributed by atoms with Gasteiger partial charge in [-0.15, -0.1) is 0 Å². The SMILES string of the molecule is CNCC(CC1CCCC1)NC(=O)N1CCCC(C(O)(CCCCOC)c2cccc(F)c2Cl)C1. The van der Waals surface area contributed by atoms with E-state index in [-0.39, 0.29) is 23.0 Å². The molecule has 0 spiro atoms. The van der Waals surface area contributed by atoms with Gasteiger partial charge in [-0.1, -0.05) is 49.4 Å². The average Bonchev–Trinajstić information content (AvgIpc) is 3.36. The Morgan fingerprint density at radius 1 is 1.29 bits per heavy atom. The summed E-state index contributed by atoms with van der Waals surface area (Å²) in [5.74, 6) is -0.0943. The zero-order valence-electron chi connectivity index (χ0n) is 21.3. The fraction of sp³-hybridized carbons (Fsp3) is 0.741. The zero-order chi connectivity index (χ0) is 25.3. The molecule has 2 fully saturated rings. The molecule has 2 amide bonds. The monoisotopic (exact) mass is 511 g/mol. The molecule has 1 saturated heterocycles. The van der Waals surface area contributed by atoms with Crippen LogP contribution in [-0.2, 0) is 10.3 Å². The first-order valence-electron chi connectivity index (χ1n) is 13.2. The fourth-order valence-electron chi connectivity index (χ4n) is 5.94. The zero-order valence-corrected chi connectivity index (χ0v) is 22.1. The number of amides is 2. The lowest BCUT2D eigenvalue weighted by Crippen LogP contribution is -2.54. The summed E-state index contributed by atoms with van der Waals surface area (Å²) in [5.41, 5.74) is -0.904. The number of hydrogen-bond acceptors (Lipinski definition) is 4. The number of hydrogen-bond donors (Lipinski definition) is 3. The topological polar surface area (TPSA) is 73.8 Å². The highest BCUT2D eigenvalue weighted by atomic mass is 35.5. The molecule has 3 rings (SSSR count). The fourth-order valence-corrected chi connectivity index (χ4v) is 6.23. The molecule has 1 aromatic rings. The Kier molecular flexibility index (Phi) is 11.1. The second kappa shape index (κ2) is 13.8. The number of unbranched alkanes of at least 4 members (excludes halogenated alkanes) is 1. The number of likely N-dealkylation sites (tertiary alicyclic amines) is 1. The van der Waals surface area contributed by atoms with Crippen molar-refractivity contribution in [3.63, 3.8) is 0 Å². The van der Waals surface area contributed by atoms with Crippen molar-refractivity contribution < 1.29 is 19.0 Å². The van der Waals surface area contributed by atoms with Gasteiger partial charge in [0.15, 0.2) is 0 Å². The third-order valence-corrected chi connectivity index (χ3v) is 8.21. The Hall–Kier alpha value is -1.41. The number of nitrogens with one attached hydrogen (secondary N) is 2. The minimum atomic E-state index is -1.32. The molecule has 1 heterocycles. The molecule has 3 atom stereocenters. The molecule has 0 bridgehead atoms. The second-order valence-electron chi connectivity index (χ2n) is 10.4. The maximum atomic E-state index is 14.4. The first-order chi connectivity index (χ1) is 16.9. The van der Waals surface area contributed by atoms with Crippen LogP contribution in [-0.4, -0.2) is 62.5 Å². The van der Waals surface area contributed by atoms with Crippen LogP contribution in [0.2, 0.25) is 5.02 Å². The van der Waals surface area contributed by atoms with Crippen LogP contribution in [0.3, 0.4) is 0 Å². The van der Waals surface area contributed by atoms with Crippen LogP contribution in [0, 0.1) is 17.7 Å². The summed E-state index contributed by atoms with van der Waals surface area (Å²) < 4.78 is 19.5. The number of carbonyl (C=O) groups is 1. The van der Waals surface area contributed by atoms with E-state index in [1.807, 2.05) is 11.9 Å². The maximum Gasteiger partial charge on any atom is 0.317 e. The summed E-state index contributed by atoms with van der Waals surface area (Å²) in [6.45, 7) is 2.39. The summed E-state index contributed by atoms with van der Waals surface area (Å²) in [5, 5.41) is 18.4. The predicted octanol–water partition coefficient (Wildman–Crippen LogP) is 5.07. The third-order valence-electron chi connectivity index (χ3n) is 7.83. The van der Waals surface area contributed by atoms with Gasteiger partial charge in [0.2, 0.25) is 0 Å². The number of benzene rings is 1. The van der Waals surface area contributed by atoms with E-state index in [0.29, 0.717) is 44.0 Å². The molecule has 1 aromatic carbocycles. The van der Waals surface area contributed by atoms with Gasteiger partial charge in [0.25, 0.3) is 0 Å². The molecule has 1 saturated carbocycles. The van der Waals surface area contributed by atoms with Gasteiger partial charge in [-0.3, -0.25) is 0 Å². The van der Waals surface area contributed by atoms with E-state index in [0.717, 1.165) is 32.2 Å². The van der Waals surface area contributed by atoms with Gasteiger partial charge in [-0.05, 0) is 57.6 Å². The van der Waals surface area contributed by atoms with Crippen LogP contribution in [0.15, 0.2) is 18.2 Å². The van der Waals surface area contributed by atoms with Gasteiger partial charge in [0.05, 0.1) is 10.6 Å². The van der Waals surface area contributed by atoms with Crippen molar-refractivity contribution in [2.75, 3.05) is 40.4 Å². The summed E-state index contributed by atoms with van der Waals surface area (Å²) in [4.78, 5) is 15.1. The van der Waals surface area contributed by atoms with E-state index in [9.17, 15) is 14.3 Å². The van der Waals surface area contributed by atoms with Gasteiger partial charge in [0.1, 0.15) is 5.82 Å². The molecular formula is C27H43ClFN3O3.